The number of rotatable bonds is 1. The van der Waals surface area contributed by atoms with Gasteiger partial charge in [-0.2, -0.15) is 0 Å². The summed E-state index contributed by atoms with van der Waals surface area (Å²) in [6.45, 7) is 5.36. The second-order valence-electron chi connectivity index (χ2n) is 4.37. The molecule has 1 aliphatic heterocycles. The Kier molecular flexibility index (Phi) is 2.46. The maximum absolute atomic E-state index is 5.96. The van der Waals surface area contributed by atoms with Gasteiger partial charge in [-0.15, -0.1) is 0 Å². The lowest BCUT2D eigenvalue weighted by molar-refractivity contribution is 0.667. The lowest BCUT2D eigenvalue weighted by Crippen LogP contribution is -2.35. The fraction of sp³-hybridized carbons (Fsp3) is 0.500. The van der Waals surface area contributed by atoms with Gasteiger partial charge in [0, 0.05) is 18.3 Å². The van der Waals surface area contributed by atoms with Gasteiger partial charge in [0.1, 0.15) is 0 Å². The first-order valence-electron chi connectivity index (χ1n) is 5.29. The minimum absolute atomic E-state index is 0.266. The fourth-order valence-electron chi connectivity index (χ4n) is 2.11. The van der Waals surface area contributed by atoms with Crippen molar-refractivity contribution in [3.05, 3.63) is 29.3 Å². The fourth-order valence-corrected chi connectivity index (χ4v) is 2.11. The van der Waals surface area contributed by atoms with Gasteiger partial charge >= 0.3 is 0 Å². The average Bonchev–Trinajstić information content (AvgIpc) is 2.16. The summed E-state index contributed by atoms with van der Waals surface area (Å²) in [5.74, 6) is 0.581. The third-order valence-electron chi connectivity index (χ3n) is 2.86. The summed E-state index contributed by atoms with van der Waals surface area (Å²) < 4.78 is 0. The van der Waals surface area contributed by atoms with Crippen LogP contribution in [-0.2, 0) is 6.42 Å². The van der Waals surface area contributed by atoms with E-state index in [9.17, 15) is 0 Å². The number of fused-ring (bicyclic) bond motifs is 1. The molecule has 2 nitrogen and oxygen atoms in total. The second kappa shape index (κ2) is 3.62. The molecule has 0 radical (unpaired) electrons. The average molecular weight is 190 g/mol. The van der Waals surface area contributed by atoms with Gasteiger partial charge in [0.05, 0.1) is 0 Å². The molecule has 14 heavy (non-hydrogen) atoms. The van der Waals surface area contributed by atoms with E-state index in [2.05, 4.69) is 37.4 Å². The first-order chi connectivity index (χ1) is 6.68. The van der Waals surface area contributed by atoms with Crippen LogP contribution in [0.3, 0.4) is 0 Å². The summed E-state index contributed by atoms with van der Waals surface area (Å²) in [5.41, 5.74) is 10.1. The minimum atomic E-state index is 0.266. The van der Waals surface area contributed by atoms with Crippen molar-refractivity contribution in [2.75, 3.05) is 11.9 Å². The van der Waals surface area contributed by atoms with Crippen LogP contribution in [0.5, 0.6) is 0 Å². The third-order valence-corrected chi connectivity index (χ3v) is 2.86. The van der Waals surface area contributed by atoms with Crippen LogP contribution in [0.1, 0.15) is 30.9 Å². The van der Waals surface area contributed by atoms with E-state index in [0.29, 0.717) is 5.92 Å². The zero-order valence-electron chi connectivity index (χ0n) is 8.88. The maximum Gasteiger partial charge on any atom is 0.0376 e. The van der Waals surface area contributed by atoms with Crippen LogP contribution in [0.15, 0.2) is 18.2 Å². The Labute approximate surface area is 85.5 Å². The molecule has 1 heterocycles. The Morgan fingerprint density at radius 3 is 2.93 bits per heavy atom. The first-order valence-corrected chi connectivity index (χ1v) is 5.29. The summed E-state index contributed by atoms with van der Waals surface area (Å²) in [6, 6.07) is 6.75. The largest absolute Gasteiger partial charge is 0.383 e. The molecule has 3 N–H and O–H groups in total. The van der Waals surface area contributed by atoms with E-state index in [4.69, 9.17) is 5.73 Å². The molecular weight excluding hydrogens is 172 g/mol. The lowest BCUT2D eigenvalue weighted by Gasteiger charge is -2.26. The molecule has 0 saturated carbocycles. The van der Waals surface area contributed by atoms with Crippen molar-refractivity contribution in [2.24, 2.45) is 5.73 Å². The van der Waals surface area contributed by atoms with E-state index >= 15 is 0 Å². The molecule has 1 atom stereocenters. The quantitative estimate of drug-likeness (QED) is 0.711. The van der Waals surface area contributed by atoms with Crippen LogP contribution in [0, 0.1) is 0 Å². The van der Waals surface area contributed by atoms with Crippen molar-refractivity contribution >= 4 is 5.69 Å². The monoisotopic (exact) mass is 190 g/mol. The SMILES string of the molecule is CC(C)c1cccc2c1CC(N)CN2. The normalized spacial score (nSPS) is 20.4. The van der Waals surface area contributed by atoms with Gasteiger partial charge in [0.15, 0.2) is 0 Å². The molecule has 76 valence electrons. The van der Waals surface area contributed by atoms with Gasteiger partial charge in [-0.25, -0.2) is 0 Å². The second-order valence-corrected chi connectivity index (χ2v) is 4.37. The molecule has 2 heteroatoms. The van der Waals surface area contributed by atoms with Gasteiger partial charge in [0.25, 0.3) is 0 Å². The lowest BCUT2D eigenvalue weighted by atomic mass is 9.90. The van der Waals surface area contributed by atoms with Crippen LogP contribution < -0.4 is 11.1 Å². The summed E-state index contributed by atoms with van der Waals surface area (Å²) in [4.78, 5) is 0. The molecule has 1 unspecified atom stereocenters. The summed E-state index contributed by atoms with van der Waals surface area (Å²) in [6.07, 6.45) is 1.01. The van der Waals surface area contributed by atoms with Gasteiger partial charge in [-0.1, -0.05) is 26.0 Å². The Hall–Kier alpha value is -1.02. The van der Waals surface area contributed by atoms with Crippen molar-refractivity contribution in [3.8, 4) is 0 Å². The van der Waals surface area contributed by atoms with Crippen molar-refractivity contribution in [1.29, 1.82) is 0 Å². The molecule has 0 fully saturated rings. The van der Waals surface area contributed by atoms with Crippen LogP contribution in [0.2, 0.25) is 0 Å². The molecule has 0 spiro atoms. The predicted molar refractivity (Wildman–Crippen MR) is 60.7 cm³/mol. The van der Waals surface area contributed by atoms with E-state index in [-0.39, 0.29) is 6.04 Å². The van der Waals surface area contributed by atoms with Crippen LogP contribution >= 0.6 is 0 Å². The standard InChI is InChI=1S/C12H18N2/c1-8(2)10-4-3-5-12-11(10)6-9(13)7-14-12/h3-5,8-9,14H,6-7,13H2,1-2H3. The van der Waals surface area contributed by atoms with Gasteiger partial charge in [-0.05, 0) is 29.5 Å². The number of anilines is 1. The topological polar surface area (TPSA) is 38.0 Å². The zero-order valence-corrected chi connectivity index (χ0v) is 8.88. The number of benzene rings is 1. The molecular formula is C12H18N2. The van der Waals surface area contributed by atoms with Crippen molar-refractivity contribution < 1.29 is 0 Å². The molecule has 1 aromatic carbocycles. The van der Waals surface area contributed by atoms with E-state index in [1.54, 1.807) is 0 Å². The molecule has 1 aromatic rings. The number of hydrogen-bond acceptors (Lipinski definition) is 2. The zero-order chi connectivity index (χ0) is 10.1. The summed E-state index contributed by atoms with van der Waals surface area (Å²) >= 11 is 0. The van der Waals surface area contributed by atoms with E-state index in [1.807, 2.05) is 0 Å². The summed E-state index contributed by atoms with van der Waals surface area (Å²) in [5, 5.41) is 3.38. The first kappa shape index (κ1) is 9.53. The molecule has 0 aliphatic carbocycles. The molecule has 0 bridgehead atoms. The van der Waals surface area contributed by atoms with Crippen molar-refractivity contribution in [1.82, 2.24) is 0 Å². The number of nitrogens with two attached hydrogens (primary N) is 1. The van der Waals surface area contributed by atoms with Gasteiger partial charge in [0.2, 0.25) is 0 Å². The van der Waals surface area contributed by atoms with E-state index < -0.39 is 0 Å². The third kappa shape index (κ3) is 1.62. The van der Waals surface area contributed by atoms with Gasteiger partial charge in [-0.3, -0.25) is 0 Å². The Balaban J connectivity index is 2.43. The maximum atomic E-state index is 5.96. The molecule has 0 saturated heterocycles. The molecule has 0 aromatic heterocycles. The smallest absolute Gasteiger partial charge is 0.0376 e. The summed E-state index contributed by atoms with van der Waals surface area (Å²) in [7, 11) is 0. The minimum Gasteiger partial charge on any atom is -0.383 e. The van der Waals surface area contributed by atoms with E-state index in [1.165, 1.54) is 16.8 Å². The number of nitrogens with one attached hydrogen (secondary N) is 1. The predicted octanol–water partition coefficient (Wildman–Crippen LogP) is 2.11. The number of hydrogen-bond donors (Lipinski definition) is 2. The van der Waals surface area contributed by atoms with Crippen LogP contribution in [0.4, 0.5) is 5.69 Å². The van der Waals surface area contributed by atoms with E-state index in [0.717, 1.165) is 13.0 Å². The highest BCUT2D eigenvalue weighted by Gasteiger charge is 2.18. The Morgan fingerprint density at radius 2 is 2.21 bits per heavy atom. The Morgan fingerprint density at radius 1 is 1.43 bits per heavy atom. The highest BCUT2D eigenvalue weighted by molar-refractivity contribution is 5.57. The highest BCUT2D eigenvalue weighted by Crippen LogP contribution is 2.29. The van der Waals surface area contributed by atoms with Crippen LogP contribution in [0.25, 0.3) is 0 Å². The molecule has 1 aliphatic rings. The van der Waals surface area contributed by atoms with Gasteiger partial charge < -0.3 is 11.1 Å². The van der Waals surface area contributed by atoms with Crippen LogP contribution in [-0.4, -0.2) is 12.6 Å². The van der Waals surface area contributed by atoms with Crippen molar-refractivity contribution in [3.63, 3.8) is 0 Å². The highest BCUT2D eigenvalue weighted by atomic mass is 14.9. The molecule has 2 rings (SSSR count). The molecule has 0 amide bonds. The Bertz CT molecular complexity index is 331. The van der Waals surface area contributed by atoms with Crippen molar-refractivity contribution in [2.45, 2.75) is 32.2 Å².